The summed E-state index contributed by atoms with van der Waals surface area (Å²) < 4.78 is 0. The lowest BCUT2D eigenvalue weighted by molar-refractivity contribution is 0.1000. The number of aromatic amines is 1. The number of fused-ring (bicyclic) bond motifs is 1. The van der Waals surface area contributed by atoms with Crippen LogP contribution in [0.1, 0.15) is 21.7 Å². The number of rotatable bonds is 5. The highest BCUT2D eigenvalue weighted by Crippen LogP contribution is 2.30. The Labute approximate surface area is 145 Å². The van der Waals surface area contributed by atoms with Gasteiger partial charge in [0.25, 0.3) is 5.56 Å². The van der Waals surface area contributed by atoms with E-state index in [4.69, 9.17) is 22.6 Å². The van der Waals surface area contributed by atoms with Crippen molar-refractivity contribution in [2.24, 2.45) is 11.5 Å². The Kier molecular flexibility index (Phi) is 4.30. The average Bonchev–Trinajstić information content (AvgIpc) is 3.04. The van der Waals surface area contributed by atoms with Crippen LogP contribution in [0.4, 0.5) is 5.69 Å². The maximum absolute atomic E-state index is 12.5. The molecule has 0 radical (unpaired) electrons. The van der Waals surface area contributed by atoms with Gasteiger partial charge in [0.2, 0.25) is 5.91 Å². The molecule has 0 aliphatic rings. The lowest BCUT2D eigenvalue weighted by Gasteiger charge is -2.06. The molecule has 0 saturated heterocycles. The summed E-state index contributed by atoms with van der Waals surface area (Å²) in [6.07, 6.45) is 3.24. The van der Waals surface area contributed by atoms with Crippen LogP contribution >= 0.6 is 11.3 Å². The number of H-pyrrole nitrogens is 1. The SMILES string of the molecule is N=C(CCN)c1cnc(-c2c(N)c3ncc(C(N)=O)cc3[nH]c2=O)s1. The molecule has 0 aliphatic heterocycles. The van der Waals surface area contributed by atoms with Crippen LogP contribution in [0, 0.1) is 5.41 Å². The molecule has 3 heterocycles. The molecular weight excluding hydrogens is 342 g/mol. The van der Waals surface area contributed by atoms with Gasteiger partial charge in [0.05, 0.1) is 27.4 Å². The number of amides is 1. The Balaban J connectivity index is 2.14. The zero-order chi connectivity index (χ0) is 18.1. The van der Waals surface area contributed by atoms with E-state index in [2.05, 4.69) is 15.0 Å². The summed E-state index contributed by atoms with van der Waals surface area (Å²) in [5.74, 6) is -0.652. The smallest absolute Gasteiger partial charge is 0.260 e. The largest absolute Gasteiger partial charge is 0.396 e. The van der Waals surface area contributed by atoms with E-state index in [0.29, 0.717) is 39.6 Å². The molecule has 0 aromatic carbocycles. The molecule has 1 amide bonds. The van der Waals surface area contributed by atoms with E-state index in [1.54, 1.807) is 0 Å². The minimum atomic E-state index is -0.652. The minimum Gasteiger partial charge on any atom is -0.396 e. The molecule has 0 spiro atoms. The van der Waals surface area contributed by atoms with Gasteiger partial charge in [0.1, 0.15) is 16.1 Å². The van der Waals surface area contributed by atoms with E-state index in [0.717, 1.165) is 0 Å². The Morgan fingerprint density at radius 1 is 1.32 bits per heavy atom. The lowest BCUT2D eigenvalue weighted by Crippen LogP contribution is -2.15. The normalized spacial score (nSPS) is 10.9. The summed E-state index contributed by atoms with van der Waals surface area (Å²) in [6.45, 7) is 0.358. The van der Waals surface area contributed by atoms with Gasteiger partial charge in [0.15, 0.2) is 0 Å². The summed E-state index contributed by atoms with van der Waals surface area (Å²) in [5, 5.41) is 8.31. The van der Waals surface area contributed by atoms with Gasteiger partial charge < -0.3 is 27.6 Å². The standard InChI is InChI=1S/C15H15N7O2S/c16-2-1-7(17)9-5-21-15(25-9)10-11(18)12-8(22-14(10)24)3-6(4-20-12)13(19)23/h3-5,17H,1-2,16H2,(H2,19,23)(H3,18,22,24). The highest BCUT2D eigenvalue weighted by molar-refractivity contribution is 7.17. The molecular formula is C15H15N7O2S. The summed E-state index contributed by atoms with van der Waals surface area (Å²) >= 11 is 1.19. The van der Waals surface area contributed by atoms with Crippen molar-refractivity contribution in [2.45, 2.75) is 6.42 Å². The van der Waals surface area contributed by atoms with Crippen molar-refractivity contribution < 1.29 is 4.79 Å². The molecule has 0 fully saturated rings. The van der Waals surface area contributed by atoms with Crippen LogP contribution in [0.15, 0.2) is 23.3 Å². The predicted octanol–water partition coefficient (Wildman–Crippen LogP) is 0.444. The van der Waals surface area contributed by atoms with Crippen molar-refractivity contribution >= 4 is 39.7 Å². The predicted molar refractivity (Wildman–Crippen MR) is 96.9 cm³/mol. The number of hydrogen-bond donors (Lipinski definition) is 5. The van der Waals surface area contributed by atoms with Crippen molar-refractivity contribution in [3.8, 4) is 10.6 Å². The van der Waals surface area contributed by atoms with Crippen molar-refractivity contribution in [1.29, 1.82) is 5.41 Å². The van der Waals surface area contributed by atoms with Crippen molar-refractivity contribution in [3.63, 3.8) is 0 Å². The first-order chi connectivity index (χ1) is 11.9. The molecule has 9 nitrogen and oxygen atoms in total. The minimum absolute atomic E-state index is 0.154. The summed E-state index contributed by atoms with van der Waals surface area (Å²) in [7, 11) is 0. The van der Waals surface area contributed by atoms with Crippen molar-refractivity contribution in [2.75, 3.05) is 12.3 Å². The van der Waals surface area contributed by atoms with Crippen molar-refractivity contribution in [3.05, 3.63) is 39.3 Å². The van der Waals surface area contributed by atoms with Crippen LogP contribution in [-0.4, -0.2) is 33.1 Å². The molecule has 0 saturated carbocycles. The number of primary amides is 1. The second-order valence-corrected chi connectivity index (χ2v) is 6.30. The number of hydrogen-bond acceptors (Lipinski definition) is 8. The molecule has 3 aromatic heterocycles. The molecule has 10 heteroatoms. The Bertz CT molecular complexity index is 1050. The Hall–Kier alpha value is -3.11. The Morgan fingerprint density at radius 2 is 2.08 bits per heavy atom. The van der Waals surface area contributed by atoms with Gasteiger partial charge in [-0.05, 0) is 12.6 Å². The first-order valence-electron chi connectivity index (χ1n) is 7.27. The molecule has 0 atom stereocenters. The van der Waals surface area contributed by atoms with Gasteiger partial charge in [0, 0.05) is 18.8 Å². The third-order valence-corrected chi connectivity index (χ3v) is 4.66. The van der Waals surface area contributed by atoms with Crippen LogP contribution in [0.2, 0.25) is 0 Å². The topological polar surface area (TPSA) is 178 Å². The van der Waals surface area contributed by atoms with Crippen LogP contribution in [-0.2, 0) is 0 Å². The fourth-order valence-corrected chi connectivity index (χ4v) is 3.29. The van der Waals surface area contributed by atoms with E-state index in [1.165, 1.54) is 29.8 Å². The van der Waals surface area contributed by atoms with Gasteiger partial charge in [-0.25, -0.2) is 4.98 Å². The fraction of sp³-hybridized carbons (Fsp3) is 0.133. The molecule has 0 aliphatic carbocycles. The van der Waals surface area contributed by atoms with E-state index in [-0.39, 0.29) is 16.8 Å². The van der Waals surface area contributed by atoms with E-state index in [9.17, 15) is 9.59 Å². The second kappa shape index (κ2) is 6.42. The highest BCUT2D eigenvalue weighted by Gasteiger charge is 2.18. The quantitative estimate of drug-likeness (QED) is 0.413. The van der Waals surface area contributed by atoms with Gasteiger partial charge in [-0.2, -0.15) is 0 Å². The van der Waals surface area contributed by atoms with Crippen LogP contribution in [0.25, 0.3) is 21.6 Å². The maximum atomic E-state index is 12.5. The second-order valence-electron chi connectivity index (χ2n) is 5.27. The summed E-state index contributed by atoms with van der Waals surface area (Å²) in [6, 6.07) is 1.43. The number of nitrogens with zero attached hydrogens (tertiary/aromatic N) is 2. The number of nitrogens with two attached hydrogens (primary N) is 3. The number of nitrogen functional groups attached to an aromatic ring is 1. The molecule has 25 heavy (non-hydrogen) atoms. The third kappa shape index (κ3) is 2.99. The van der Waals surface area contributed by atoms with Crippen LogP contribution < -0.4 is 22.8 Å². The zero-order valence-corrected chi connectivity index (χ0v) is 13.8. The third-order valence-electron chi connectivity index (χ3n) is 3.58. The molecule has 0 bridgehead atoms. The molecule has 8 N–H and O–H groups in total. The first-order valence-corrected chi connectivity index (χ1v) is 8.09. The number of nitrogens with one attached hydrogen (secondary N) is 2. The average molecular weight is 357 g/mol. The van der Waals surface area contributed by atoms with Crippen LogP contribution in [0.3, 0.4) is 0 Å². The monoisotopic (exact) mass is 357 g/mol. The number of aromatic nitrogens is 3. The number of carbonyl (C=O) groups excluding carboxylic acids is 1. The fourth-order valence-electron chi connectivity index (χ4n) is 2.34. The van der Waals surface area contributed by atoms with Crippen LogP contribution in [0.5, 0.6) is 0 Å². The number of pyridine rings is 2. The highest BCUT2D eigenvalue weighted by atomic mass is 32.1. The van der Waals surface area contributed by atoms with E-state index in [1.807, 2.05) is 0 Å². The number of thiazole rings is 1. The Morgan fingerprint density at radius 3 is 2.76 bits per heavy atom. The summed E-state index contributed by atoms with van der Waals surface area (Å²) in [5.41, 5.74) is 17.8. The van der Waals surface area contributed by atoms with Gasteiger partial charge in [-0.1, -0.05) is 0 Å². The molecule has 128 valence electrons. The van der Waals surface area contributed by atoms with E-state index >= 15 is 0 Å². The first kappa shape index (κ1) is 16.7. The van der Waals surface area contributed by atoms with Gasteiger partial charge in [-0.3, -0.25) is 14.6 Å². The molecule has 0 unspecified atom stereocenters. The lowest BCUT2D eigenvalue weighted by atomic mass is 10.1. The van der Waals surface area contributed by atoms with E-state index < -0.39 is 11.5 Å². The number of anilines is 1. The molecule has 3 aromatic rings. The van der Waals surface area contributed by atoms with Crippen molar-refractivity contribution in [1.82, 2.24) is 15.0 Å². The van der Waals surface area contributed by atoms with Gasteiger partial charge in [-0.15, -0.1) is 11.3 Å². The molecule has 3 rings (SSSR count). The summed E-state index contributed by atoms with van der Waals surface area (Å²) in [4.78, 5) is 35.3. The maximum Gasteiger partial charge on any atom is 0.260 e. The number of carbonyl (C=O) groups is 1. The van der Waals surface area contributed by atoms with Gasteiger partial charge >= 0.3 is 0 Å². The zero-order valence-electron chi connectivity index (χ0n) is 13.0.